The molecule has 1 amide bonds. The summed E-state index contributed by atoms with van der Waals surface area (Å²) in [6, 6.07) is 11.5. The topological polar surface area (TPSA) is 69.4 Å². The number of carbonyl (C=O) groups excluding carboxylic acids is 2. The molecule has 0 heterocycles. The van der Waals surface area contributed by atoms with Crippen LogP contribution in [-0.2, 0) is 22.6 Å². The lowest BCUT2D eigenvalue weighted by Gasteiger charge is -2.06. The van der Waals surface area contributed by atoms with E-state index in [1.54, 1.807) is 42.5 Å². The van der Waals surface area contributed by atoms with Gasteiger partial charge in [-0.1, -0.05) is 41.4 Å². The van der Waals surface area contributed by atoms with Gasteiger partial charge in [-0.2, -0.15) is 0 Å². The molecular formula is C16H13Cl2NO3. The van der Waals surface area contributed by atoms with Crippen molar-refractivity contribution in [2.24, 2.45) is 5.73 Å². The number of carbonyl (C=O) groups is 2. The highest BCUT2D eigenvalue weighted by Crippen LogP contribution is 2.22. The van der Waals surface area contributed by atoms with Crippen molar-refractivity contribution in [2.75, 3.05) is 0 Å². The Labute approximate surface area is 137 Å². The first-order chi connectivity index (χ1) is 10.5. The summed E-state index contributed by atoms with van der Waals surface area (Å²) >= 11 is 11.7. The third kappa shape index (κ3) is 4.48. The summed E-state index contributed by atoms with van der Waals surface area (Å²) in [5.41, 5.74) is 7.05. The summed E-state index contributed by atoms with van der Waals surface area (Å²) in [4.78, 5) is 22.7. The van der Waals surface area contributed by atoms with Gasteiger partial charge in [0, 0.05) is 5.56 Å². The first-order valence-electron chi connectivity index (χ1n) is 6.44. The molecule has 0 saturated heterocycles. The first-order valence-corrected chi connectivity index (χ1v) is 7.19. The number of esters is 1. The molecular weight excluding hydrogens is 325 g/mol. The Balaban J connectivity index is 1.89. The summed E-state index contributed by atoms with van der Waals surface area (Å²) in [6.07, 6.45) is 0.107. The Hall–Kier alpha value is -2.04. The van der Waals surface area contributed by atoms with Crippen LogP contribution in [0.2, 0.25) is 10.0 Å². The predicted molar refractivity (Wildman–Crippen MR) is 84.9 cm³/mol. The first kappa shape index (κ1) is 16.3. The molecule has 0 saturated carbocycles. The van der Waals surface area contributed by atoms with Crippen LogP contribution in [0.5, 0.6) is 0 Å². The van der Waals surface area contributed by atoms with Crippen molar-refractivity contribution in [3.63, 3.8) is 0 Å². The number of primary amides is 1. The number of ether oxygens (including phenoxy) is 1. The number of nitrogens with two attached hydrogens (primary N) is 1. The van der Waals surface area contributed by atoms with E-state index in [-0.39, 0.29) is 19.0 Å². The molecule has 6 heteroatoms. The molecule has 0 bridgehead atoms. The summed E-state index contributed by atoms with van der Waals surface area (Å²) in [5, 5.41) is 0.835. The number of amides is 1. The molecule has 2 rings (SSSR count). The van der Waals surface area contributed by atoms with Gasteiger partial charge < -0.3 is 10.5 Å². The second kappa shape index (κ2) is 7.29. The Morgan fingerprint density at radius 1 is 0.955 bits per heavy atom. The van der Waals surface area contributed by atoms with E-state index in [0.717, 1.165) is 11.1 Å². The summed E-state index contributed by atoms with van der Waals surface area (Å²) in [7, 11) is 0. The van der Waals surface area contributed by atoms with Crippen LogP contribution in [0.25, 0.3) is 0 Å². The van der Waals surface area contributed by atoms with Crippen LogP contribution in [0.4, 0.5) is 0 Å². The maximum atomic E-state index is 11.8. The molecule has 0 spiro atoms. The Morgan fingerprint density at radius 2 is 1.59 bits per heavy atom. The van der Waals surface area contributed by atoms with Gasteiger partial charge in [-0.25, -0.2) is 0 Å². The molecule has 22 heavy (non-hydrogen) atoms. The summed E-state index contributed by atoms with van der Waals surface area (Å²) < 4.78 is 5.17. The molecule has 4 nitrogen and oxygen atoms in total. The van der Waals surface area contributed by atoms with Gasteiger partial charge in [0.2, 0.25) is 5.91 Å². The van der Waals surface area contributed by atoms with Crippen LogP contribution in [0, 0.1) is 0 Å². The minimum Gasteiger partial charge on any atom is -0.461 e. The van der Waals surface area contributed by atoms with Gasteiger partial charge in [-0.05, 0) is 35.4 Å². The monoisotopic (exact) mass is 337 g/mol. The van der Waals surface area contributed by atoms with Crippen molar-refractivity contribution >= 4 is 35.1 Å². The van der Waals surface area contributed by atoms with Crippen molar-refractivity contribution < 1.29 is 14.3 Å². The van der Waals surface area contributed by atoms with Gasteiger partial charge in [0.1, 0.15) is 6.61 Å². The van der Waals surface area contributed by atoms with Gasteiger partial charge in [-0.3, -0.25) is 9.59 Å². The molecule has 0 aromatic heterocycles. The molecule has 0 aliphatic rings. The molecule has 2 aromatic rings. The number of hydrogen-bond donors (Lipinski definition) is 1. The highest BCUT2D eigenvalue weighted by molar-refractivity contribution is 6.42. The van der Waals surface area contributed by atoms with Crippen LogP contribution in [0.1, 0.15) is 21.5 Å². The van der Waals surface area contributed by atoms with Crippen LogP contribution in [0.15, 0.2) is 42.5 Å². The highest BCUT2D eigenvalue weighted by atomic mass is 35.5. The lowest BCUT2D eigenvalue weighted by molar-refractivity contribution is -0.144. The molecule has 0 fully saturated rings. The Bertz CT molecular complexity index is 699. The normalized spacial score (nSPS) is 10.3. The minimum absolute atomic E-state index is 0.107. The zero-order valence-corrected chi connectivity index (χ0v) is 13.0. The summed E-state index contributed by atoms with van der Waals surface area (Å²) in [6.45, 7) is 0.124. The van der Waals surface area contributed by atoms with Gasteiger partial charge in [0.05, 0.1) is 16.5 Å². The fourth-order valence-electron chi connectivity index (χ4n) is 1.80. The van der Waals surface area contributed by atoms with E-state index in [0.29, 0.717) is 15.6 Å². The van der Waals surface area contributed by atoms with Crippen molar-refractivity contribution in [3.05, 3.63) is 69.2 Å². The molecule has 2 N–H and O–H groups in total. The van der Waals surface area contributed by atoms with Crippen LogP contribution in [-0.4, -0.2) is 11.9 Å². The average Bonchev–Trinajstić information content (AvgIpc) is 2.49. The van der Waals surface area contributed by atoms with E-state index in [2.05, 4.69) is 0 Å². The smallest absolute Gasteiger partial charge is 0.310 e. The third-order valence-corrected chi connectivity index (χ3v) is 3.71. The molecule has 0 aliphatic carbocycles. The Kier molecular flexibility index (Phi) is 5.41. The maximum Gasteiger partial charge on any atom is 0.310 e. The molecule has 0 radical (unpaired) electrons. The standard InChI is InChI=1S/C16H13Cl2NO3/c17-13-6-3-11(7-14(13)18)8-15(20)22-9-10-1-4-12(5-2-10)16(19)21/h1-7H,8-9H2,(H2,19,21). The molecule has 0 atom stereocenters. The second-order valence-corrected chi connectivity index (χ2v) is 5.46. The zero-order chi connectivity index (χ0) is 16.1. The van der Waals surface area contributed by atoms with Crippen LogP contribution < -0.4 is 5.73 Å². The van der Waals surface area contributed by atoms with Gasteiger partial charge >= 0.3 is 5.97 Å². The SMILES string of the molecule is NC(=O)c1ccc(COC(=O)Cc2ccc(Cl)c(Cl)c2)cc1. The van der Waals surface area contributed by atoms with Crippen molar-refractivity contribution in [1.82, 2.24) is 0 Å². The molecule has 0 aliphatic heterocycles. The number of hydrogen-bond acceptors (Lipinski definition) is 3. The van der Waals surface area contributed by atoms with Gasteiger partial charge in [0.15, 0.2) is 0 Å². The van der Waals surface area contributed by atoms with Crippen LogP contribution in [0.3, 0.4) is 0 Å². The van der Waals surface area contributed by atoms with E-state index in [9.17, 15) is 9.59 Å². The van der Waals surface area contributed by atoms with E-state index < -0.39 is 5.91 Å². The minimum atomic E-state index is -0.497. The predicted octanol–water partition coefficient (Wildman–Crippen LogP) is 3.38. The van der Waals surface area contributed by atoms with Crippen molar-refractivity contribution in [2.45, 2.75) is 13.0 Å². The number of benzene rings is 2. The van der Waals surface area contributed by atoms with Crippen molar-refractivity contribution in [1.29, 1.82) is 0 Å². The largest absolute Gasteiger partial charge is 0.461 e. The fourth-order valence-corrected chi connectivity index (χ4v) is 2.12. The van der Waals surface area contributed by atoms with Crippen LogP contribution >= 0.6 is 23.2 Å². The van der Waals surface area contributed by atoms with E-state index in [1.165, 1.54) is 0 Å². The average molecular weight is 338 g/mol. The maximum absolute atomic E-state index is 11.8. The lowest BCUT2D eigenvalue weighted by atomic mass is 10.1. The molecule has 114 valence electrons. The fraction of sp³-hybridized carbons (Fsp3) is 0.125. The molecule has 0 unspecified atom stereocenters. The zero-order valence-electron chi connectivity index (χ0n) is 11.5. The highest BCUT2D eigenvalue weighted by Gasteiger charge is 2.08. The Morgan fingerprint density at radius 3 is 2.18 bits per heavy atom. The number of halogens is 2. The van der Waals surface area contributed by atoms with Crippen molar-refractivity contribution in [3.8, 4) is 0 Å². The van der Waals surface area contributed by atoms with E-state index >= 15 is 0 Å². The summed E-state index contributed by atoms with van der Waals surface area (Å²) in [5.74, 6) is -0.875. The quantitative estimate of drug-likeness (QED) is 0.850. The van der Waals surface area contributed by atoms with Gasteiger partial charge in [0.25, 0.3) is 0 Å². The lowest BCUT2D eigenvalue weighted by Crippen LogP contribution is -2.11. The number of rotatable bonds is 5. The van der Waals surface area contributed by atoms with E-state index in [1.807, 2.05) is 0 Å². The van der Waals surface area contributed by atoms with E-state index in [4.69, 9.17) is 33.7 Å². The van der Waals surface area contributed by atoms with Gasteiger partial charge in [-0.15, -0.1) is 0 Å². The second-order valence-electron chi connectivity index (χ2n) is 4.65. The third-order valence-electron chi connectivity index (χ3n) is 2.97. The molecule has 2 aromatic carbocycles.